The Bertz CT molecular complexity index is 587. The minimum atomic E-state index is -0.341. The number of nitrogens with zero attached hydrogens (tertiary/aromatic N) is 1. The molecule has 0 radical (unpaired) electrons. The fraction of sp³-hybridized carbons (Fsp3) is 0.400. The van der Waals surface area contributed by atoms with Crippen LogP contribution in [-0.2, 0) is 6.54 Å². The van der Waals surface area contributed by atoms with Crippen molar-refractivity contribution in [2.45, 2.75) is 32.9 Å². The predicted molar refractivity (Wildman–Crippen MR) is 77.1 cm³/mol. The molecule has 0 amide bonds. The minimum absolute atomic E-state index is 0.0148. The molecule has 1 heterocycles. The van der Waals surface area contributed by atoms with E-state index < -0.39 is 0 Å². The van der Waals surface area contributed by atoms with Gasteiger partial charge in [0.15, 0.2) is 0 Å². The van der Waals surface area contributed by atoms with Crippen molar-refractivity contribution >= 4 is 0 Å². The van der Waals surface area contributed by atoms with Crippen LogP contribution in [0.25, 0.3) is 11.3 Å². The summed E-state index contributed by atoms with van der Waals surface area (Å²) in [6, 6.07) is 6.58. The first-order chi connectivity index (χ1) is 9.40. The number of rotatable bonds is 4. The van der Waals surface area contributed by atoms with Crippen LogP contribution in [0.1, 0.15) is 26.5 Å². The highest BCUT2D eigenvalue weighted by molar-refractivity contribution is 5.68. The number of H-pyrrole nitrogens is 1. The molecule has 5 heteroatoms. The lowest BCUT2D eigenvalue weighted by atomic mass is 10.1. The zero-order valence-corrected chi connectivity index (χ0v) is 12.2. The van der Waals surface area contributed by atoms with Crippen LogP contribution in [0.4, 0.5) is 4.39 Å². The predicted octanol–water partition coefficient (Wildman–Crippen LogP) is 3.11. The molecule has 20 heavy (non-hydrogen) atoms. The second-order valence-corrected chi connectivity index (χ2v) is 5.70. The first kappa shape index (κ1) is 14.5. The maximum atomic E-state index is 14.0. The molecule has 0 spiro atoms. The average Bonchev–Trinajstić information content (AvgIpc) is 2.83. The number of aromatic amines is 1. The minimum Gasteiger partial charge on any atom is -0.496 e. The summed E-state index contributed by atoms with van der Waals surface area (Å²) in [6.07, 6.45) is 0. The topological polar surface area (TPSA) is 49.9 Å². The maximum Gasteiger partial charge on any atom is 0.136 e. The molecule has 0 aliphatic rings. The first-order valence-electron chi connectivity index (χ1n) is 6.53. The van der Waals surface area contributed by atoms with Crippen LogP contribution in [0.5, 0.6) is 5.75 Å². The third-order valence-corrected chi connectivity index (χ3v) is 2.89. The highest BCUT2D eigenvalue weighted by Crippen LogP contribution is 2.31. The van der Waals surface area contributed by atoms with Gasteiger partial charge in [-0.3, -0.25) is 5.10 Å². The highest BCUT2D eigenvalue weighted by atomic mass is 19.1. The molecule has 0 saturated heterocycles. The largest absolute Gasteiger partial charge is 0.496 e. The van der Waals surface area contributed by atoms with E-state index in [-0.39, 0.29) is 11.4 Å². The molecule has 0 fully saturated rings. The lowest BCUT2D eigenvalue weighted by molar-refractivity contribution is 0.413. The monoisotopic (exact) mass is 277 g/mol. The summed E-state index contributed by atoms with van der Waals surface area (Å²) in [6.45, 7) is 6.91. The number of halogens is 1. The SMILES string of the molecule is COc1cccc(F)c1-c1cc(CNC(C)(C)C)[nH]n1. The lowest BCUT2D eigenvalue weighted by Crippen LogP contribution is -2.35. The summed E-state index contributed by atoms with van der Waals surface area (Å²) in [4.78, 5) is 0. The normalized spacial score (nSPS) is 11.7. The zero-order valence-electron chi connectivity index (χ0n) is 12.2. The molecule has 0 bridgehead atoms. The van der Waals surface area contributed by atoms with Gasteiger partial charge in [-0.1, -0.05) is 6.07 Å². The summed E-state index contributed by atoms with van der Waals surface area (Å²) in [7, 11) is 1.52. The second-order valence-electron chi connectivity index (χ2n) is 5.70. The molecule has 2 rings (SSSR count). The van der Waals surface area contributed by atoms with Gasteiger partial charge in [-0.2, -0.15) is 5.10 Å². The van der Waals surface area contributed by atoms with E-state index in [0.717, 1.165) is 5.69 Å². The Kier molecular flexibility index (Phi) is 4.09. The molecule has 0 aliphatic heterocycles. The fourth-order valence-corrected chi connectivity index (χ4v) is 1.86. The Labute approximate surface area is 118 Å². The van der Waals surface area contributed by atoms with Crippen LogP contribution >= 0.6 is 0 Å². The third-order valence-electron chi connectivity index (χ3n) is 2.89. The van der Waals surface area contributed by atoms with Crippen LogP contribution in [0, 0.1) is 5.82 Å². The number of hydrogen-bond donors (Lipinski definition) is 2. The van der Waals surface area contributed by atoms with Crippen LogP contribution < -0.4 is 10.1 Å². The van der Waals surface area contributed by atoms with Gasteiger partial charge in [0.05, 0.1) is 18.4 Å². The highest BCUT2D eigenvalue weighted by Gasteiger charge is 2.15. The van der Waals surface area contributed by atoms with E-state index >= 15 is 0 Å². The number of nitrogens with one attached hydrogen (secondary N) is 2. The van der Waals surface area contributed by atoms with Gasteiger partial charge >= 0.3 is 0 Å². The van der Waals surface area contributed by atoms with E-state index in [1.54, 1.807) is 12.1 Å². The number of benzene rings is 1. The van der Waals surface area contributed by atoms with Gasteiger partial charge < -0.3 is 10.1 Å². The molecule has 0 unspecified atom stereocenters. The van der Waals surface area contributed by atoms with Gasteiger partial charge in [-0.05, 0) is 39.0 Å². The van der Waals surface area contributed by atoms with Crippen molar-refractivity contribution in [2.24, 2.45) is 0 Å². The molecule has 2 aromatic rings. The van der Waals surface area contributed by atoms with E-state index in [0.29, 0.717) is 23.6 Å². The van der Waals surface area contributed by atoms with Crippen molar-refractivity contribution in [3.63, 3.8) is 0 Å². The number of methoxy groups -OCH3 is 1. The molecule has 1 aromatic heterocycles. The Morgan fingerprint density at radius 1 is 1.35 bits per heavy atom. The molecule has 1 aromatic carbocycles. The molecule has 108 valence electrons. The van der Waals surface area contributed by atoms with E-state index in [1.165, 1.54) is 13.2 Å². The van der Waals surface area contributed by atoms with Crippen LogP contribution in [-0.4, -0.2) is 22.8 Å². The molecule has 4 nitrogen and oxygen atoms in total. The van der Waals surface area contributed by atoms with E-state index in [4.69, 9.17) is 4.74 Å². The summed E-state index contributed by atoms with van der Waals surface area (Å²) in [5.41, 5.74) is 1.85. The summed E-state index contributed by atoms with van der Waals surface area (Å²) in [5, 5.41) is 10.4. The quantitative estimate of drug-likeness (QED) is 0.902. The van der Waals surface area contributed by atoms with Crippen molar-refractivity contribution in [3.8, 4) is 17.0 Å². The fourth-order valence-electron chi connectivity index (χ4n) is 1.86. The zero-order chi connectivity index (χ0) is 14.8. The van der Waals surface area contributed by atoms with Crippen molar-refractivity contribution in [2.75, 3.05) is 7.11 Å². The molecule has 2 N–H and O–H groups in total. The third kappa shape index (κ3) is 3.36. The number of aromatic nitrogens is 2. The molecule has 0 atom stereocenters. The van der Waals surface area contributed by atoms with Gasteiger partial charge in [-0.25, -0.2) is 4.39 Å². The Morgan fingerprint density at radius 2 is 2.10 bits per heavy atom. The van der Waals surface area contributed by atoms with Gasteiger partial charge in [-0.15, -0.1) is 0 Å². The summed E-state index contributed by atoms with van der Waals surface area (Å²) >= 11 is 0. The number of hydrogen-bond acceptors (Lipinski definition) is 3. The second kappa shape index (κ2) is 5.63. The van der Waals surface area contributed by atoms with Crippen LogP contribution in [0.15, 0.2) is 24.3 Å². The van der Waals surface area contributed by atoms with Crippen molar-refractivity contribution in [1.29, 1.82) is 0 Å². The molecule has 0 aliphatic carbocycles. The van der Waals surface area contributed by atoms with Crippen LogP contribution in [0.2, 0.25) is 0 Å². The first-order valence-corrected chi connectivity index (χ1v) is 6.53. The van der Waals surface area contributed by atoms with E-state index in [1.807, 2.05) is 6.07 Å². The standard InChI is InChI=1S/C15H20FN3O/c1-15(2,3)17-9-10-8-12(19-18-10)14-11(16)6-5-7-13(14)20-4/h5-8,17H,9H2,1-4H3,(H,18,19). The van der Waals surface area contributed by atoms with E-state index in [2.05, 4.69) is 36.3 Å². The summed E-state index contributed by atoms with van der Waals surface area (Å²) < 4.78 is 19.2. The van der Waals surface area contributed by atoms with Gasteiger partial charge in [0.2, 0.25) is 0 Å². The Hall–Kier alpha value is -1.88. The molecular formula is C15H20FN3O. The van der Waals surface area contributed by atoms with Gasteiger partial charge in [0, 0.05) is 17.8 Å². The lowest BCUT2D eigenvalue weighted by Gasteiger charge is -2.19. The van der Waals surface area contributed by atoms with Crippen molar-refractivity contribution < 1.29 is 9.13 Å². The Morgan fingerprint density at radius 3 is 2.75 bits per heavy atom. The van der Waals surface area contributed by atoms with E-state index in [9.17, 15) is 4.39 Å². The maximum absolute atomic E-state index is 14.0. The van der Waals surface area contributed by atoms with Crippen molar-refractivity contribution in [3.05, 3.63) is 35.8 Å². The van der Waals surface area contributed by atoms with Gasteiger partial charge in [0.25, 0.3) is 0 Å². The Balaban J connectivity index is 2.25. The smallest absolute Gasteiger partial charge is 0.136 e. The molecular weight excluding hydrogens is 257 g/mol. The van der Waals surface area contributed by atoms with Gasteiger partial charge in [0.1, 0.15) is 11.6 Å². The summed E-state index contributed by atoms with van der Waals surface area (Å²) in [5.74, 6) is 0.137. The average molecular weight is 277 g/mol. The molecule has 0 saturated carbocycles. The number of ether oxygens (including phenoxy) is 1. The van der Waals surface area contributed by atoms with Crippen LogP contribution in [0.3, 0.4) is 0 Å². The van der Waals surface area contributed by atoms with Crippen molar-refractivity contribution in [1.82, 2.24) is 15.5 Å².